The van der Waals surface area contributed by atoms with Crippen molar-refractivity contribution in [2.45, 2.75) is 11.3 Å². The highest BCUT2D eigenvalue weighted by atomic mass is 35.5. The van der Waals surface area contributed by atoms with Gasteiger partial charge in [0.1, 0.15) is 0 Å². The predicted octanol–water partition coefficient (Wildman–Crippen LogP) is 3.52. The van der Waals surface area contributed by atoms with Crippen LogP contribution in [0.5, 0.6) is 0 Å². The second-order valence-corrected chi connectivity index (χ2v) is 7.36. The van der Waals surface area contributed by atoms with Gasteiger partial charge in [-0.05, 0) is 18.2 Å². The lowest BCUT2D eigenvalue weighted by Crippen LogP contribution is -2.26. The number of halogens is 1. The lowest BCUT2D eigenvalue weighted by Gasteiger charge is -2.05. The summed E-state index contributed by atoms with van der Waals surface area (Å²) in [4.78, 5) is 0.139. The van der Waals surface area contributed by atoms with Crippen molar-refractivity contribution < 1.29 is 12.9 Å². The number of sulfonamides is 1. The van der Waals surface area contributed by atoms with E-state index in [1.165, 1.54) is 12.1 Å². The molecular formula is C17H15ClN2O3S. The van der Waals surface area contributed by atoms with Crippen molar-refractivity contribution >= 4 is 21.6 Å². The average Bonchev–Trinajstić information content (AvgIpc) is 3.04. The summed E-state index contributed by atoms with van der Waals surface area (Å²) in [7, 11) is -3.59. The number of nitrogens with one attached hydrogen (secondary N) is 1. The molecule has 1 aromatic heterocycles. The summed E-state index contributed by atoms with van der Waals surface area (Å²) in [6, 6.07) is 17.5. The number of nitrogens with zero attached hydrogens (tertiary/aromatic N) is 1. The highest BCUT2D eigenvalue weighted by molar-refractivity contribution is 7.89. The van der Waals surface area contributed by atoms with Crippen molar-refractivity contribution in [3.05, 3.63) is 71.4 Å². The van der Waals surface area contributed by atoms with Gasteiger partial charge in [0.15, 0.2) is 5.76 Å². The molecule has 0 unspecified atom stereocenters. The van der Waals surface area contributed by atoms with E-state index in [4.69, 9.17) is 16.1 Å². The molecule has 124 valence electrons. The molecule has 0 aliphatic heterocycles. The van der Waals surface area contributed by atoms with Crippen LogP contribution in [-0.4, -0.2) is 20.1 Å². The van der Waals surface area contributed by atoms with Gasteiger partial charge in [0.2, 0.25) is 10.0 Å². The zero-order valence-electron chi connectivity index (χ0n) is 12.6. The van der Waals surface area contributed by atoms with E-state index in [1.54, 1.807) is 12.1 Å². The second-order valence-electron chi connectivity index (χ2n) is 5.15. The van der Waals surface area contributed by atoms with Crippen molar-refractivity contribution in [2.24, 2.45) is 0 Å². The number of rotatable bonds is 6. The van der Waals surface area contributed by atoms with Crippen LogP contribution in [0.2, 0.25) is 5.02 Å². The fraction of sp³-hybridized carbons (Fsp3) is 0.118. The van der Waals surface area contributed by atoms with Crippen LogP contribution in [0.1, 0.15) is 5.69 Å². The van der Waals surface area contributed by atoms with Crippen molar-refractivity contribution in [2.75, 3.05) is 6.54 Å². The normalized spacial score (nSPS) is 11.5. The molecule has 2 aromatic carbocycles. The molecule has 1 heterocycles. The molecule has 0 fully saturated rings. The van der Waals surface area contributed by atoms with Gasteiger partial charge in [-0.15, -0.1) is 0 Å². The molecule has 7 heteroatoms. The zero-order valence-corrected chi connectivity index (χ0v) is 14.2. The molecule has 0 saturated carbocycles. The fourth-order valence-electron chi connectivity index (χ4n) is 2.20. The molecule has 5 nitrogen and oxygen atoms in total. The van der Waals surface area contributed by atoms with Crippen LogP contribution in [0.25, 0.3) is 11.3 Å². The number of benzene rings is 2. The van der Waals surface area contributed by atoms with Crippen LogP contribution in [0, 0.1) is 0 Å². The highest BCUT2D eigenvalue weighted by Crippen LogP contribution is 2.20. The minimum Gasteiger partial charge on any atom is -0.356 e. The lowest BCUT2D eigenvalue weighted by atomic mass is 10.1. The van der Waals surface area contributed by atoms with E-state index in [1.807, 2.05) is 36.4 Å². The Hall–Kier alpha value is -2.15. The predicted molar refractivity (Wildman–Crippen MR) is 92.3 cm³/mol. The first-order chi connectivity index (χ1) is 11.5. The zero-order chi connectivity index (χ0) is 17.0. The maximum Gasteiger partial charge on any atom is 0.240 e. The van der Waals surface area contributed by atoms with Gasteiger partial charge in [-0.3, -0.25) is 0 Å². The Kier molecular flexibility index (Phi) is 4.99. The number of hydrogen-bond donors (Lipinski definition) is 1. The molecule has 24 heavy (non-hydrogen) atoms. The monoisotopic (exact) mass is 362 g/mol. The molecular weight excluding hydrogens is 348 g/mol. The van der Waals surface area contributed by atoms with Gasteiger partial charge in [-0.25, -0.2) is 13.1 Å². The first-order valence-electron chi connectivity index (χ1n) is 7.31. The SMILES string of the molecule is O=S(=O)(NCCc1cc(-c2ccccc2)on1)c1cccc(Cl)c1. The van der Waals surface area contributed by atoms with Crippen molar-refractivity contribution in [3.8, 4) is 11.3 Å². The molecule has 1 N–H and O–H groups in total. The lowest BCUT2D eigenvalue weighted by molar-refractivity contribution is 0.423. The fourth-order valence-corrected chi connectivity index (χ4v) is 3.53. The van der Waals surface area contributed by atoms with Gasteiger partial charge in [-0.2, -0.15) is 0 Å². The smallest absolute Gasteiger partial charge is 0.240 e. The molecule has 0 aliphatic carbocycles. The van der Waals surface area contributed by atoms with Crippen LogP contribution >= 0.6 is 11.6 Å². The molecule has 0 atom stereocenters. The van der Waals surface area contributed by atoms with E-state index in [0.29, 0.717) is 22.9 Å². The topological polar surface area (TPSA) is 72.2 Å². The summed E-state index contributed by atoms with van der Waals surface area (Å²) < 4.78 is 32.2. The third kappa shape index (κ3) is 4.03. The number of hydrogen-bond acceptors (Lipinski definition) is 4. The Morgan fingerprint density at radius 1 is 1.04 bits per heavy atom. The van der Waals surface area contributed by atoms with E-state index < -0.39 is 10.0 Å². The molecule has 0 amide bonds. The summed E-state index contributed by atoms with van der Waals surface area (Å²) in [6.45, 7) is 0.218. The van der Waals surface area contributed by atoms with Gasteiger partial charge in [0.25, 0.3) is 0 Å². The van der Waals surface area contributed by atoms with Crippen LogP contribution < -0.4 is 4.72 Å². The van der Waals surface area contributed by atoms with Crippen LogP contribution in [-0.2, 0) is 16.4 Å². The van der Waals surface area contributed by atoms with Crippen LogP contribution in [0.3, 0.4) is 0 Å². The summed E-state index contributed by atoms with van der Waals surface area (Å²) in [5.74, 6) is 0.656. The largest absolute Gasteiger partial charge is 0.356 e. The Balaban J connectivity index is 1.62. The quantitative estimate of drug-likeness (QED) is 0.728. The molecule has 0 aliphatic rings. The van der Waals surface area contributed by atoms with Crippen molar-refractivity contribution in [1.29, 1.82) is 0 Å². The highest BCUT2D eigenvalue weighted by Gasteiger charge is 2.14. The molecule has 0 radical (unpaired) electrons. The third-order valence-corrected chi connectivity index (χ3v) is 5.09. The van der Waals surface area contributed by atoms with E-state index in [0.717, 1.165) is 5.56 Å². The van der Waals surface area contributed by atoms with E-state index in [-0.39, 0.29) is 11.4 Å². The summed E-state index contributed by atoms with van der Waals surface area (Å²) >= 11 is 5.83. The maximum absolute atomic E-state index is 12.2. The first kappa shape index (κ1) is 16.7. The molecule has 3 rings (SSSR count). The van der Waals surface area contributed by atoms with E-state index >= 15 is 0 Å². The Morgan fingerprint density at radius 3 is 2.58 bits per heavy atom. The standard InChI is InChI=1S/C17H15ClN2O3S/c18-14-7-4-8-16(11-14)24(21,22)19-10-9-15-12-17(23-20-15)13-5-2-1-3-6-13/h1-8,11-12,19H,9-10H2. The Bertz CT molecular complexity index is 924. The van der Waals surface area contributed by atoms with Gasteiger partial charge >= 0.3 is 0 Å². The maximum atomic E-state index is 12.2. The summed E-state index contributed by atoms with van der Waals surface area (Å²) in [5.41, 5.74) is 1.61. The molecule has 0 spiro atoms. The van der Waals surface area contributed by atoms with E-state index in [9.17, 15) is 8.42 Å². The summed E-state index contributed by atoms with van der Waals surface area (Å²) in [5, 5.41) is 4.34. The van der Waals surface area contributed by atoms with Crippen molar-refractivity contribution in [3.63, 3.8) is 0 Å². The Morgan fingerprint density at radius 2 is 1.83 bits per heavy atom. The average molecular weight is 363 g/mol. The number of aromatic nitrogens is 1. The van der Waals surface area contributed by atoms with Crippen LogP contribution in [0.4, 0.5) is 0 Å². The van der Waals surface area contributed by atoms with Gasteiger partial charge in [-0.1, -0.05) is 53.2 Å². The second kappa shape index (κ2) is 7.17. The van der Waals surface area contributed by atoms with Crippen molar-refractivity contribution in [1.82, 2.24) is 9.88 Å². The van der Waals surface area contributed by atoms with Crippen LogP contribution in [0.15, 0.2) is 70.1 Å². The third-order valence-electron chi connectivity index (χ3n) is 3.40. The molecule has 0 bridgehead atoms. The minimum absolute atomic E-state index is 0.139. The van der Waals surface area contributed by atoms with Gasteiger partial charge < -0.3 is 4.52 Å². The first-order valence-corrected chi connectivity index (χ1v) is 9.17. The molecule has 0 saturated heterocycles. The van der Waals surface area contributed by atoms with E-state index in [2.05, 4.69) is 9.88 Å². The Labute approximate surface area is 145 Å². The summed E-state index contributed by atoms with van der Waals surface area (Å²) in [6.07, 6.45) is 0.427. The molecule has 3 aromatic rings. The van der Waals surface area contributed by atoms with Gasteiger partial charge in [0.05, 0.1) is 10.6 Å². The minimum atomic E-state index is -3.59. The van der Waals surface area contributed by atoms with Gasteiger partial charge in [0, 0.05) is 29.6 Å².